The van der Waals surface area contributed by atoms with Crippen molar-refractivity contribution >= 4 is 0 Å². The zero-order valence-electron chi connectivity index (χ0n) is 10.5. The number of aromatic nitrogens is 2. The largest absolute Gasteiger partial charge is 0.305 e. The Morgan fingerprint density at radius 2 is 2.17 bits per heavy atom. The highest BCUT2D eigenvalue weighted by Gasteiger charge is 2.16. The van der Waals surface area contributed by atoms with E-state index in [2.05, 4.69) is 15.3 Å². The number of rotatable bonds is 4. The Hall–Kier alpha value is -1.81. The number of aryl methyl sites for hydroxylation is 1. The van der Waals surface area contributed by atoms with Gasteiger partial charge in [0.1, 0.15) is 12.1 Å². The van der Waals surface area contributed by atoms with Crippen LogP contribution in [0.15, 0.2) is 36.8 Å². The molecule has 4 heteroatoms. The number of hydrogen-bond acceptors (Lipinski definition) is 3. The van der Waals surface area contributed by atoms with E-state index >= 15 is 0 Å². The predicted molar refractivity (Wildman–Crippen MR) is 68.7 cm³/mol. The molecule has 0 amide bonds. The lowest BCUT2D eigenvalue weighted by Gasteiger charge is -2.19. The Morgan fingerprint density at radius 1 is 1.33 bits per heavy atom. The van der Waals surface area contributed by atoms with Gasteiger partial charge in [0.05, 0.1) is 11.7 Å². The predicted octanol–water partition coefficient (Wildman–Crippen LogP) is 2.62. The second-order valence-corrected chi connectivity index (χ2v) is 4.13. The monoisotopic (exact) mass is 245 g/mol. The molecule has 1 aromatic carbocycles. The van der Waals surface area contributed by atoms with Crippen LogP contribution < -0.4 is 5.32 Å². The Labute approximate surface area is 106 Å². The lowest BCUT2D eigenvalue weighted by Crippen LogP contribution is -2.23. The SMILES string of the molecule is CCNC(c1ccncn1)c1ccc(F)cc1C. The zero-order chi connectivity index (χ0) is 13.0. The minimum atomic E-state index is -0.214. The van der Waals surface area contributed by atoms with Crippen molar-refractivity contribution in [3.63, 3.8) is 0 Å². The normalized spacial score (nSPS) is 12.4. The van der Waals surface area contributed by atoms with Crippen molar-refractivity contribution < 1.29 is 4.39 Å². The Bertz CT molecular complexity index is 514. The van der Waals surface area contributed by atoms with Crippen LogP contribution in [0.3, 0.4) is 0 Å². The number of nitrogens with one attached hydrogen (secondary N) is 1. The van der Waals surface area contributed by atoms with E-state index in [0.717, 1.165) is 23.4 Å². The summed E-state index contributed by atoms with van der Waals surface area (Å²) in [5.41, 5.74) is 2.85. The molecule has 0 aliphatic rings. The Kier molecular flexibility index (Phi) is 3.99. The molecule has 1 heterocycles. The highest BCUT2D eigenvalue weighted by Crippen LogP contribution is 2.23. The summed E-state index contributed by atoms with van der Waals surface area (Å²) in [5.74, 6) is -0.214. The first-order valence-corrected chi connectivity index (χ1v) is 5.97. The van der Waals surface area contributed by atoms with Gasteiger partial charge >= 0.3 is 0 Å². The van der Waals surface area contributed by atoms with Crippen LogP contribution in [-0.2, 0) is 0 Å². The van der Waals surface area contributed by atoms with E-state index in [0.29, 0.717) is 0 Å². The molecule has 1 N–H and O–H groups in total. The third-order valence-corrected chi connectivity index (χ3v) is 2.85. The summed E-state index contributed by atoms with van der Waals surface area (Å²) in [6.07, 6.45) is 3.24. The van der Waals surface area contributed by atoms with Gasteiger partial charge in [0.25, 0.3) is 0 Å². The molecule has 2 rings (SSSR count). The van der Waals surface area contributed by atoms with Crippen LogP contribution in [0.25, 0.3) is 0 Å². The van der Waals surface area contributed by atoms with Crippen LogP contribution in [0, 0.1) is 12.7 Å². The number of nitrogens with zero attached hydrogens (tertiary/aromatic N) is 2. The fraction of sp³-hybridized carbons (Fsp3) is 0.286. The van der Waals surface area contributed by atoms with Crippen molar-refractivity contribution in [2.24, 2.45) is 0 Å². The average Bonchev–Trinajstić information content (AvgIpc) is 2.38. The first-order valence-electron chi connectivity index (χ1n) is 5.97. The molecule has 18 heavy (non-hydrogen) atoms. The molecular weight excluding hydrogens is 229 g/mol. The maximum atomic E-state index is 13.2. The van der Waals surface area contributed by atoms with E-state index in [1.165, 1.54) is 12.4 Å². The summed E-state index contributed by atoms with van der Waals surface area (Å²) < 4.78 is 13.2. The van der Waals surface area contributed by atoms with Gasteiger partial charge in [-0.1, -0.05) is 13.0 Å². The number of benzene rings is 1. The van der Waals surface area contributed by atoms with Gasteiger partial charge in [-0.2, -0.15) is 0 Å². The van der Waals surface area contributed by atoms with Crippen LogP contribution in [0.5, 0.6) is 0 Å². The van der Waals surface area contributed by atoms with E-state index in [1.807, 2.05) is 19.9 Å². The maximum Gasteiger partial charge on any atom is 0.123 e. The van der Waals surface area contributed by atoms with Crippen LogP contribution in [-0.4, -0.2) is 16.5 Å². The smallest absolute Gasteiger partial charge is 0.123 e. The first kappa shape index (κ1) is 12.6. The summed E-state index contributed by atoms with van der Waals surface area (Å²) in [7, 11) is 0. The summed E-state index contributed by atoms with van der Waals surface area (Å²) in [6, 6.07) is 6.67. The van der Waals surface area contributed by atoms with Gasteiger partial charge in [0, 0.05) is 6.20 Å². The second-order valence-electron chi connectivity index (χ2n) is 4.13. The summed E-state index contributed by atoms with van der Waals surface area (Å²) in [5, 5.41) is 3.36. The quantitative estimate of drug-likeness (QED) is 0.899. The van der Waals surface area contributed by atoms with Gasteiger partial charge in [0.2, 0.25) is 0 Å². The Morgan fingerprint density at radius 3 is 2.78 bits per heavy atom. The van der Waals surface area contributed by atoms with Gasteiger partial charge in [-0.15, -0.1) is 0 Å². The fourth-order valence-corrected chi connectivity index (χ4v) is 2.01. The zero-order valence-corrected chi connectivity index (χ0v) is 10.5. The summed E-state index contributed by atoms with van der Waals surface area (Å²) in [4.78, 5) is 8.19. The average molecular weight is 245 g/mol. The molecule has 94 valence electrons. The van der Waals surface area contributed by atoms with Crippen LogP contribution in [0.1, 0.15) is 29.8 Å². The van der Waals surface area contributed by atoms with Crippen molar-refractivity contribution in [1.29, 1.82) is 0 Å². The van der Waals surface area contributed by atoms with E-state index in [9.17, 15) is 4.39 Å². The maximum absolute atomic E-state index is 13.2. The molecule has 0 fully saturated rings. The minimum absolute atomic E-state index is 0.0291. The van der Waals surface area contributed by atoms with E-state index in [4.69, 9.17) is 0 Å². The minimum Gasteiger partial charge on any atom is -0.305 e. The van der Waals surface area contributed by atoms with Crippen LogP contribution >= 0.6 is 0 Å². The summed E-state index contributed by atoms with van der Waals surface area (Å²) >= 11 is 0. The molecule has 0 radical (unpaired) electrons. The Balaban J connectivity index is 2.41. The molecule has 0 aliphatic carbocycles. The van der Waals surface area contributed by atoms with Crippen molar-refractivity contribution in [1.82, 2.24) is 15.3 Å². The molecule has 0 saturated carbocycles. The van der Waals surface area contributed by atoms with Crippen molar-refractivity contribution in [2.45, 2.75) is 19.9 Å². The molecule has 1 unspecified atom stereocenters. The lowest BCUT2D eigenvalue weighted by atomic mass is 9.98. The topological polar surface area (TPSA) is 37.8 Å². The van der Waals surface area contributed by atoms with Gasteiger partial charge in [-0.3, -0.25) is 0 Å². The van der Waals surface area contributed by atoms with E-state index in [1.54, 1.807) is 18.3 Å². The van der Waals surface area contributed by atoms with Gasteiger partial charge in [0.15, 0.2) is 0 Å². The molecule has 0 saturated heterocycles. The lowest BCUT2D eigenvalue weighted by molar-refractivity contribution is 0.600. The fourth-order valence-electron chi connectivity index (χ4n) is 2.01. The van der Waals surface area contributed by atoms with Crippen LogP contribution in [0.4, 0.5) is 4.39 Å². The standard InChI is InChI=1S/C14H16FN3/c1-3-17-14(13-6-7-16-9-18-13)12-5-4-11(15)8-10(12)2/h4-9,14,17H,3H2,1-2H3. The third-order valence-electron chi connectivity index (χ3n) is 2.85. The van der Waals surface area contributed by atoms with Gasteiger partial charge in [-0.05, 0) is 42.8 Å². The highest BCUT2D eigenvalue weighted by molar-refractivity contribution is 5.34. The number of halogens is 1. The van der Waals surface area contributed by atoms with Gasteiger partial charge in [-0.25, -0.2) is 14.4 Å². The van der Waals surface area contributed by atoms with E-state index < -0.39 is 0 Å². The van der Waals surface area contributed by atoms with Crippen molar-refractivity contribution in [3.05, 3.63) is 59.4 Å². The third kappa shape index (κ3) is 2.71. The second kappa shape index (κ2) is 5.69. The number of hydrogen-bond donors (Lipinski definition) is 1. The van der Waals surface area contributed by atoms with Crippen LogP contribution in [0.2, 0.25) is 0 Å². The van der Waals surface area contributed by atoms with Crippen molar-refractivity contribution in [3.8, 4) is 0 Å². The van der Waals surface area contributed by atoms with Crippen molar-refractivity contribution in [2.75, 3.05) is 6.54 Å². The molecule has 0 spiro atoms. The van der Waals surface area contributed by atoms with E-state index in [-0.39, 0.29) is 11.9 Å². The highest BCUT2D eigenvalue weighted by atomic mass is 19.1. The van der Waals surface area contributed by atoms with Gasteiger partial charge < -0.3 is 5.32 Å². The molecule has 2 aromatic rings. The summed E-state index contributed by atoms with van der Waals surface area (Å²) in [6.45, 7) is 4.75. The molecular formula is C14H16FN3. The molecule has 0 bridgehead atoms. The molecule has 3 nitrogen and oxygen atoms in total. The molecule has 1 aromatic heterocycles. The molecule has 0 aliphatic heterocycles. The first-order chi connectivity index (χ1) is 8.72. The molecule has 1 atom stereocenters.